The van der Waals surface area contributed by atoms with Crippen molar-refractivity contribution < 1.29 is 14.3 Å². The second-order valence-corrected chi connectivity index (χ2v) is 5.88. The van der Waals surface area contributed by atoms with Crippen LogP contribution in [0.1, 0.15) is 15.9 Å². The molecular weight excluding hydrogens is 384 g/mol. The van der Waals surface area contributed by atoms with Gasteiger partial charge in [-0.2, -0.15) is 0 Å². The largest absolute Gasteiger partial charge is 0.478 e. The summed E-state index contributed by atoms with van der Waals surface area (Å²) in [4.78, 5) is 10.9. The van der Waals surface area contributed by atoms with E-state index in [1.807, 2.05) is 0 Å². The number of hydrogen-bond acceptors (Lipinski definition) is 2. The van der Waals surface area contributed by atoms with Crippen LogP contribution in [0.3, 0.4) is 0 Å². The van der Waals surface area contributed by atoms with E-state index in [4.69, 9.17) is 28.3 Å². The van der Waals surface area contributed by atoms with Crippen LogP contribution in [0.15, 0.2) is 34.8 Å². The quantitative estimate of drug-likeness (QED) is 0.751. The van der Waals surface area contributed by atoms with E-state index in [0.717, 1.165) is 5.56 Å². The number of carbonyl (C=O) groups is 1. The zero-order valence-electron chi connectivity index (χ0n) is 10.5. The zero-order valence-corrected chi connectivity index (χ0v) is 13.6. The first kappa shape index (κ1) is 16.1. The Morgan fingerprint density at radius 3 is 2.38 bits per heavy atom. The summed E-state index contributed by atoms with van der Waals surface area (Å²) in [6.07, 6.45) is 0. The lowest BCUT2D eigenvalue weighted by Crippen LogP contribution is -2.03. The lowest BCUT2D eigenvalue weighted by atomic mass is 10.1. The van der Waals surface area contributed by atoms with Gasteiger partial charge in [0.05, 0.1) is 21.3 Å². The molecule has 0 aromatic heterocycles. The summed E-state index contributed by atoms with van der Waals surface area (Å²) in [5.74, 6) is -1.51. The molecular formula is C14H9BrCl2FNO2. The molecule has 0 saturated carbocycles. The highest BCUT2D eigenvalue weighted by molar-refractivity contribution is 9.10. The molecule has 21 heavy (non-hydrogen) atoms. The second-order valence-electron chi connectivity index (χ2n) is 4.21. The van der Waals surface area contributed by atoms with Crippen molar-refractivity contribution in [3.05, 3.63) is 61.8 Å². The van der Waals surface area contributed by atoms with Gasteiger partial charge in [0.1, 0.15) is 5.82 Å². The van der Waals surface area contributed by atoms with Gasteiger partial charge in [0.2, 0.25) is 0 Å². The topological polar surface area (TPSA) is 49.3 Å². The molecule has 0 bridgehead atoms. The molecule has 2 aromatic rings. The van der Waals surface area contributed by atoms with E-state index in [0.29, 0.717) is 16.7 Å². The number of anilines is 1. The van der Waals surface area contributed by atoms with Gasteiger partial charge in [-0.25, -0.2) is 9.18 Å². The average molecular weight is 393 g/mol. The Morgan fingerprint density at radius 1 is 1.24 bits per heavy atom. The number of halogens is 4. The number of carboxylic acid groups (broad SMARTS) is 1. The van der Waals surface area contributed by atoms with Crippen LogP contribution in [-0.4, -0.2) is 11.1 Å². The van der Waals surface area contributed by atoms with Crippen LogP contribution in [0.2, 0.25) is 10.0 Å². The van der Waals surface area contributed by atoms with E-state index in [2.05, 4.69) is 21.2 Å². The third kappa shape index (κ3) is 3.87. The predicted molar refractivity (Wildman–Crippen MR) is 84.8 cm³/mol. The molecule has 0 heterocycles. The van der Waals surface area contributed by atoms with Crippen LogP contribution in [0, 0.1) is 5.82 Å². The van der Waals surface area contributed by atoms with Gasteiger partial charge < -0.3 is 10.4 Å². The minimum Gasteiger partial charge on any atom is -0.478 e. The van der Waals surface area contributed by atoms with Gasteiger partial charge in [-0.15, -0.1) is 0 Å². The fourth-order valence-electron chi connectivity index (χ4n) is 1.72. The highest BCUT2D eigenvalue weighted by Gasteiger charge is 2.10. The molecule has 0 saturated heterocycles. The van der Waals surface area contributed by atoms with Crippen LogP contribution in [0.5, 0.6) is 0 Å². The zero-order chi connectivity index (χ0) is 15.6. The summed E-state index contributed by atoms with van der Waals surface area (Å²) in [6.45, 7) is 0.353. The van der Waals surface area contributed by atoms with Crippen molar-refractivity contribution in [1.29, 1.82) is 0 Å². The van der Waals surface area contributed by atoms with E-state index < -0.39 is 11.8 Å². The van der Waals surface area contributed by atoms with Gasteiger partial charge in [-0.3, -0.25) is 0 Å². The lowest BCUT2D eigenvalue weighted by molar-refractivity contribution is 0.0697. The van der Waals surface area contributed by atoms with Crippen molar-refractivity contribution in [1.82, 2.24) is 0 Å². The van der Waals surface area contributed by atoms with E-state index in [-0.39, 0.29) is 15.6 Å². The Kier molecular flexibility index (Phi) is 5.08. The first-order valence-corrected chi connectivity index (χ1v) is 7.33. The SMILES string of the molecule is O=C(O)c1ccc(CNc2c(Cl)cc(F)cc2Cl)c(Br)c1. The minimum atomic E-state index is -1.00. The third-order valence-electron chi connectivity index (χ3n) is 2.76. The standard InChI is InChI=1S/C14H9BrCl2FNO2/c15-10-3-7(14(20)21)1-2-8(10)6-19-13-11(16)4-9(18)5-12(13)17/h1-5,19H,6H2,(H,20,21). The lowest BCUT2D eigenvalue weighted by Gasteiger charge is -2.12. The number of nitrogens with one attached hydrogen (secondary N) is 1. The predicted octanol–water partition coefficient (Wildman–Crippen LogP) is 5.21. The number of rotatable bonds is 4. The monoisotopic (exact) mass is 391 g/mol. The van der Waals surface area contributed by atoms with Gasteiger partial charge in [-0.05, 0) is 29.8 Å². The van der Waals surface area contributed by atoms with Gasteiger partial charge in [0.15, 0.2) is 0 Å². The van der Waals surface area contributed by atoms with Gasteiger partial charge >= 0.3 is 5.97 Å². The maximum absolute atomic E-state index is 13.1. The Hall–Kier alpha value is -1.30. The molecule has 7 heteroatoms. The molecule has 0 aliphatic heterocycles. The summed E-state index contributed by atoms with van der Waals surface area (Å²) >= 11 is 15.2. The highest BCUT2D eigenvalue weighted by Crippen LogP contribution is 2.32. The van der Waals surface area contributed by atoms with Crippen LogP contribution in [0.25, 0.3) is 0 Å². The van der Waals surface area contributed by atoms with Crippen molar-refractivity contribution in [2.75, 3.05) is 5.32 Å². The summed E-state index contributed by atoms with van der Waals surface area (Å²) in [7, 11) is 0. The van der Waals surface area contributed by atoms with E-state index in [1.165, 1.54) is 24.3 Å². The molecule has 110 valence electrons. The summed E-state index contributed by atoms with van der Waals surface area (Å²) in [6, 6.07) is 7.01. The van der Waals surface area contributed by atoms with Crippen LogP contribution >= 0.6 is 39.1 Å². The number of aromatic carboxylic acids is 1. The number of benzene rings is 2. The van der Waals surface area contributed by atoms with E-state index in [1.54, 1.807) is 6.07 Å². The van der Waals surface area contributed by atoms with Crippen LogP contribution in [-0.2, 0) is 6.54 Å². The molecule has 0 radical (unpaired) electrons. The third-order valence-corrected chi connectivity index (χ3v) is 4.10. The average Bonchev–Trinajstić information content (AvgIpc) is 2.38. The molecule has 0 unspecified atom stereocenters. The second kappa shape index (κ2) is 6.64. The van der Waals surface area contributed by atoms with E-state index >= 15 is 0 Å². The van der Waals surface area contributed by atoms with Crippen molar-refractivity contribution in [3.63, 3.8) is 0 Å². The summed E-state index contributed by atoms with van der Waals surface area (Å²) < 4.78 is 13.7. The van der Waals surface area contributed by atoms with Crippen molar-refractivity contribution in [2.45, 2.75) is 6.54 Å². The molecule has 2 N–H and O–H groups in total. The Bertz CT molecular complexity index is 686. The van der Waals surface area contributed by atoms with Gasteiger partial charge in [0, 0.05) is 11.0 Å². The smallest absolute Gasteiger partial charge is 0.335 e. The molecule has 0 fully saturated rings. The first-order valence-electron chi connectivity index (χ1n) is 5.78. The molecule has 3 nitrogen and oxygen atoms in total. The summed E-state index contributed by atoms with van der Waals surface area (Å²) in [5, 5.41) is 12.3. The fourth-order valence-corrected chi connectivity index (χ4v) is 2.83. The molecule has 0 aliphatic carbocycles. The van der Waals surface area contributed by atoms with Crippen molar-refractivity contribution >= 4 is 50.8 Å². The first-order chi connectivity index (χ1) is 9.88. The van der Waals surface area contributed by atoms with Crippen LogP contribution < -0.4 is 5.32 Å². The maximum Gasteiger partial charge on any atom is 0.335 e. The normalized spacial score (nSPS) is 10.5. The molecule has 0 amide bonds. The van der Waals surface area contributed by atoms with Crippen molar-refractivity contribution in [3.8, 4) is 0 Å². The Balaban J connectivity index is 2.19. The van der Waals surface area contributed by atoms with Crippen LogP contribution in [0.4, 0.5) is 10.1 Å². The van der Waals surface area contributed by atoms with E-state index in [9.17, 15) is 9.18 Å². The Morgan fingerprint density at radius 2 is 1.86 bits per heavy atom. The molecule has 0 aliphatic rings. The fraction of sp³-hybridized carbons (Fsp3) is 0.0714. The number of carboxylic acids is 1. The van der Waals surface area contributed by atoms with Gasteiger partial charge in [-0.1, -0.05) is 45.2 Å². The minimum absolute atomic E-state index is 0.179. The molecule has 2 rings (SSSR count). The Labute approximate surface area is 138 Å². The number of hydrogen-bond donors (Lipinski definition) is 2. The summed E-state index contributed by atoms with van der Waals surface area (Å²) in [5.41, 5.74) is 1.42. The maximum atomic E-state index is 13.1. The highest BCUT2D eigenvalue weighted by atomic mass is 79.9. The van der Waals surface area contributed by atoms with Crippen molar-refractivity contribution in [2.24, 2.45) is 0 Å². The molecule has 2 aromatic carbocycles. The molecule has 0 spiro atoms. The van der Waals surface area contributed by atoms with Gasteiger partial charge in [0.25, 0.3) is 0 Å². The molecule has 0 atom stereocenters.